The number of thioether (sulfide) groups is 1. The normalized spacial score (nSPS) is 11.9. The lowest BCUT2D eigenvalue weighted by Crippen LogP contribution is -2.15. The Bertz CT molecular complexity index is 417. The Morgan fingerprint density at radius 3 is 2.50 bits per heavy atom. The fraction of sp³-hybridized carbons (Fsp3) is 0.385. The Kier molecular flexibility index (Phi) is 6.22. The van der Waals surface area contributed by atoms with Gasteiger partial charge in [-0.2, -0.15) is 0 Å². The maximum Gasteiger partial charge on any atom is 0.306 e. The summed E-state index contributed by atoms with van der Waals surface area (Å²) in [6, 6.07) is 6.81. The Balaban J connectivity index is 2.46. The van der Waals surface area contributed by atoms with Crippen molar-refractivity contribution in [2.75, 3.05) is 12.9 Å². The molecule has 18 heavy (non-hydrogen) atoms. The molecule has 0 bridgehead atoms. The summed E-state index contributed by atoms with van der Waals surface area (Å²) in [6.45, 7) is 1.83. The van der Waals surface area contributed by atoms with Crippen LogP contribution in [0.5, 0.6) is 0 Å². The molecule has 0 radical (unpaired) electrons. The van der Waals surface area contributed by atoms with E-state index in [9.17, 15) is 9.59 Å². The Labute approximate surface area is 116 Å². The summed E-state index contributed by atoms with van der Waals surface area (Å²) in [6.07, 6.45) is 0.319. The van der Waals surface area contributed by atoms with Crippen LogP contribution >= 0.6 is 23.4 Å². The van der Waals surface area contributed by atoms with E-state index in [4.69, 9.17) is 11.6 Å². The molecule has 0 saturated heterocycles. The van der Waals surface area contributed by atoms with E-state index < -0.39 is 0 Å². The lowest BCUT2D eigenvalue weighted by atomic mass is 10.1. The van der Waals surface area contributed by atoms with E-state index in [2.05, 4.69) is 4.74 Å². The third kappa shape index (κ3) is 4.70. The predicted molar refractivity (Wildman–Crippen MR) is 74.3 cm³/mol. The van der Waals surface area contributed by atoms with Gasteiger partial charge in [-0.1, -0.05) is 11.6 Å². The van der Waals surface area contributed by atoms with Gasteiger partial charge in [-0.05, 0) is 31.2 Å². The van der Waals surface area contributed by atoms with Crippen molar-refractivity contribution in [3.63, 3.8) is 0 Å². The Hall–Kier alpha value is -1.00. The zero-order chi connectivity index (χ0) is 13.5. The minimum Gasteiger partial charge on any atom is -0.469 e. The zero-order valence-corrected chi connectivity index (χ0v) is 11.9. The molecule has 0 heterocycles. The smallest absolute Gasteiger partial charge is 0.306 e. The molecule has 0 aromatic heterocycles. The van der Waals surface area contributed by atoms with Crippen molar-refractivity contribution in [3.05, 3.63) is 34.9 Å². The van der Waals surface area contributed by atoms with Crippen LogP contribution in [0, 0.1) is 0 Å². The second-order valence-electron chi connectivity index (χ2n) is 3.71. The van der Waals surface area contributed by atoms with E-state index in [0.717, 1.165) is 0 Å². The molecular formula is C13H15ClO3S. The van der Waals surface area contributed by atoms with Crippen molar-refractivity contribution in [3.8, 4) is 0 Å². The number of ether oxygens (including phenoxy) is 1. The van der Waals surface area contributed by atoms with E-state index in [1.165, 1.54) is 18.9 Å². The SMILES string of the molecule is COC(=O)CCS[C@@H](C)C(=O)c1ccc(Cl)cc1. The van der Waals surface area contributed by atoms with E-state index in [0.29, 0.717) is 22.8 Å². The number of rotatable bonds is 6. The number of methoxy groups -OCH3 is 1. The number of benzene rings is 1. The molecule has 0 N–H and O–H groups in total. The van der Waals surface area contributed by atoms with Gasteiger partial charge in [0, 0.05) is 16.3 Å². The van der Waals surface area contributed by atoms with Gasteiger partial charge >= 0.3 is 5.97 Å². The molecule has 1 aromatic rings. The molecule has 0 aliphatic heterocycles. The molecule has 0 unspecified atom stereocenters. The van der Waals surface area contributed by atoms with Gasteiger partial charge < -0.3 is 4.74 Å². The van der Waals surface area contributed by atoms with E-state index in [-0.39, 0.29) is 17.0 Å². The van der Waals surface area contributed by atoms with Crippen LogP contribution in [-0.4, -0.2) is 29.9 Å². The molecule has 0 spiro atoms. The first-order valence-corrected chi connectivity index (χ1v) is 6.95. The van der Waals surface area contributed by atoms with E-state index in [1.807, 2.05) is 6.92 Å². The van der Waals surface area contributed by atoms with Crippen molar-refractivity contribution in [2.45, 2.75) is 18.6 Å². The highest BCUT2D eigenvalue weighted by Crippen LogP contribution is 2.18. The molecule has 0 aliphatic rings. The lowest BCUT2D eigenvalue weighted by Gasteiger charge is -2.09. The highest BCUT2D eigenvalue weighted by Gasteiger charge is 2.15. The molecule has 0 fully saturated rings. The monoisotopic (exact) mass is 286 g/mol. The number of hydrogen-bond donors (Lipinski definition) is 0. The topological polar surface area (TPSA) is 43.4 Å². The van der Waals surface area contributed by atoms with Crippen LogP contribution in [0.15, 0.2) is 24.3 Å². The number of carbonyl (C=O) groups excluding carboxylic acids is 2. The Morgan fingerprint density at radius 2 is 1.94 bits per heavy atom. The number of ketones is 1. The summed E-state index contributed by atoms with van der Waals surface area (Å²) in [5.41, 5.74) is 0.637. The average molecular weight is 287 g/mol. The molecule has 98 valence electrons. The number of esters is 1. The van der Waals surface area contributed by atoms with Crippen molar-refractivity contribution >= 4 is 35.1 Å². The molecular weight excluding hydrogens is 272 g/mol. The first-order valence-electron chi connectivity index (χ1n) is 5.52. The largest absolute Gasteiger partial charge is 0.469 e. The van der Waals surface area contributed by atoms with Gasteiger partial charge in [0.05, 0.1) is 18.8 Å². The van der Waals surface area contributed by atoms with Crippen LogP contribution in [0.3, 0.4) is 0 Å². The molecule has 1 rings (SSSR count). The first-order chi connectivity index (χ1) is 8.54. The molecule has 5 heteroatoms. The van der Waals surface area contributed by atoms with Crippen molar-refractivity contribution in [2.24, 2.45) is 0 Å². The molecule has 0 amide bonds. The zero-order valence-electron chi connectivity index (χ0n) is 10.3. The quantitative estimate of drug-likeness (QED) is 0.595. The van der Waals surface area contributed by atoms with Crippen LogP contribution in [0.4, 0.5) is 0 Å². The van der Waals surface area contributed by atoms with Gasteiger partial charge in [0.15, 0.2) is 5.78 Å². The number of hydrogen-bond acceptors (Lipinski definition) is 4. The highest BCUT2D eigenvalue weighted by molar-refractivity contribution is 8.00. The summed E-state index contributed by atoms with van der Waals surface area (Å²) >= 11 is 7.21. The predicted octanol–water partition coefficient (Wildman–Crippen LogP) is 3.21. The van der Waals surface area contributed by atoms with Crippen LogP contribution in [-0.2, 0) is 9.53 Å². The molecule has 1 aromatic carbocycles. The van der Waals surface area contributed by atoms with Crippen molar-refractivity contribution in [1.82, 2.24) is 0 Å². The number of halogens is 1. The van der Waals surface area contributed by atoms with Crippen molar-refractivity contribution < 1.29 is 14.3 Å². The van der Waals surface area contributed by atoms with Gasteiger partial charge in [-0.15, -0.1) is 11.8 Å². The van der Waals surface area contributed by atoms with Crippen LogP contribution in [0.1, 0.15) is 23.7 Å². The summed E-state index contributed by atoms with van der Waals surface area (Å²) in [4.78, 5) is 23.0. The maximum absolute atomic E-state index is 12.0. The molecule has 3 nitrogen and oxygen atoms in total. The molecule has 0 saturated carbocycles. The number of Topliss-reactive ketones (excluding diaryl/α,β-unsaturated/α-hetero) is 1. The third-order valence-corrected chi connectivity index (χ3v) is 3.81. The van der Waals surface area contributed by atoms with Crippen LogP contribution in [0.25, 0.3) is 0 Å². The Morgan fingerprint density at radius 1 is 1.33 bits per heavy atom. The first kappa shape index (κ1) is 15.1. The van der Waals surface area contributed by atoms with Gasteiger partial charge in [-0.25, -0.2) is 0 Å². The van der Waals surface area contributed by atoms with Crippen molar-refractivity contribution in [1.29, 1.82) is 0 Å². The second-order valence-corrected chi connectivity index (χ2v) is 5.60. The van der Waals surface area contributed by atoms with E-state index in [1.54, 1.807) is 24.3 Å². The summed E-state index contributed by atoms with van der Waals surface area (Å²) in [7, 11) is 1.36. The fourth-order valence-corrected chi connectivity index (χ4v) is 2.40. The lowest BCUT2D eigenvalue weighted by molar-refractivity contribution is -0.140. The summed E-state index contributed by atoms with van der Waals surface area (Å²) in [5.74, 6) is 0.364. The third-order valence-electron chi connectivity index (χ3n) is 2.40. The summed E-state index contributed by atoms with van der Waals surface area (Å²) in [5, 5.41) is 0.424. The van der Waals surface area contributed by atoms with Crippen LogP contribution < -0.4 is 0 Å². The summed E-state index contributed by atoms with van der Waals surface area (Å²) < 4.78 is 4.54. The van der Waals surface area contributed by atoms with Gasteiger partial charge in [0.1, 0.15) is 0 Å². The molecule has 1 atom stereocenters. The average Bonchev–Trinajstić information content (AvgIpc) is 2.38. The van der Waals surface area contributed by atoms with Gasteiger partial charge in [0.25, 0.3) is 0 Å². The maximum atomic E-state index is 12.0. The minimum absolute atomic E-state index is 0.0431. The van der Waals surface area contributed by atoms with Gasteiger partial charge in [0.2, 0.25) is 0 Å². The second kappa shape index (κ2) is 7.44. The van der Waals surface area contributed by atoms with E-state index >= 15 is 0 Å². The highest BCUT2D eigenvalue weighted by atomic mass is 35.5. The standard InChI is InChI=1S/C13H15ClO3S/c1-9(18-8-7-12(15)17-2)13(16)10-3-5-11(14)6-4-10/h3-6,9H,7-8H2,1-2H3/t9-/m0/s1. The van der Waals surface area contributed by atoms with Crippen LogP contribution in [0.2, 0.25) is 5.02 Å². The minimum atomic E-state index is -0.256. The fourth-order valence-electron chi connectivity index (χ4n) is 1.35. The number of carbonyl (C=O) groups is 2. The molecule has 0 aliphatic carbocycles. The van der Waals surface area contributed by atoms with Gasteiger partial charge in [-0.3, -0.25) is 9.59 Å².